The van der Waals surface area contributed by atoms with Crippen LogP contribution in [0.25, 0.3) is 0 Å². The summed E-state index contributed by atoms with van der Waals surface area (Å²) in [7, 11) is 3.18. The van der Waals surface area contributed by atoms with E-state index in [2.05, 4.69) is 10.6 Å². The van der Waals surface area contributed by atoms with Gasteiger partial charge in [-0.05, 0) is 25.5 Å². The molecule has 0 aliphatic heterocycles. The fourth-order valence-corrected chi connectivity index (χ4v) is 2.28. The van der Waals surface area contributed by atoms with Crippen molar-refractivity contribution in [2.45, 2.75) is 46.6 Å². The van der Waals surface area contributed by atoms with Gasteiger partial charge in [-0.3, -0.25) is 9.59 Å². The van der Waals surface area contributed by atoms with Crippen LogP contribution in [-0.4, -0.2) is 32.6 Å². The Morgan fingerprint density at radius 3 is 2.40 bits per heavy atom. The number of benzene rings is 1. The molecule has 0 aromatic heterocycles. The van der Waals surface area contributed by atoms with Crippen LogP contribution in [0.3, 0.4) is 0 Å². The van der Waals surface area contributed by atoms with Crippen LogP contribution in [0.2, 0.25) is 0 Å². The van der Waals surface area contributed by atoms with E-state index in [0.717, 1.165) is 5.56 Å². The smallest absolute Gasteiger partial charge is 0.225 e. The third-order valence-corrected chi connectivity index (χ3v) is 3.83. The van der Waals surface area contributed by atoms with Crippen LogP contribution >= 0.6 is 0 Å². The van der Waals surface area contributed by atoms with Gasteiger partial charge in [-0.1, -0.05) is 20.8 Å². The van der Waals surface area contributed by atoms with E-state index < -0.39 is 5.41 Å². The van der Waals surface area contributed by atoms with Crippen LogP contribution in [0.4, 0.5) is 0 Å². The molecule has 0 spiro atoms. The molecular weight excluding hydrogens is 320 g/mol. The fourth-order valence-electron chi connectivity index (χ4n) is 2.28. The lowest BCUT2D eigenvalue weighted by Gasteiger charge is -2.19. The average molecular weight is 350 g/mol. The quantitative estimate of drug-likeness (QED) is 0.707. The van der Waals surface area contributed by atoms with Gasteiger partial charge in [0.2, 0.25) is 11.8 Å². The summed E-state index contributed by atoms with van der Waals surface area (Å²) in [5, 5.41) is 5.80. The Kier molecular flexibility index (Phi) is 7.74. The molecular formula is C19H30N2O4. The second-order valence-corrected chi connectivity index (χ2v) is 7.01. The van der Waals surface area contributed by atoms with Crippen molar-refractivity contribution < 1.29 is 19.1 Å². The van der Waals surface area contributed by atoms with E-state index in [1.54, 1.807) is 20.3 Å². The van der Waals surface area contributed by atoms with Crippen LogP contribution in [0, 0.1) is 5.41 Å². The number of carbonyl (C=O) groups is 2. The van der Waals surface area contributed by atoms with E-state index in [0.29, 0.717) is 30.9 Å². The van der Waals surface area contributed by atoms with Crippen molar-refractivity contribution in [3.8, 4) is 11.5 Å². The summed E-state index contributed by atoms with van der Waals surface area (Å²) < 4.78 is 10.5. The Morgan fingerprint density at radius 1 is 1.16 bits per heavy atom. The molecule has 0 fully saturated rings. The molecule has 6 heteroatoms. The molecule has 2 N–H and O–H groups in total. The minimum absolute atomic E-state index is 0.00996. The molecule has 6 nitrogen and oxygen atoms in total. The van der Waals surface area contributed by atoms with Crippen molar-refractivity contribution in [3.63, 3.8) is 0 Å². The van der Waals surface area contributed by atoms with E-state index in [1.165, 1.54) is 0 Å². The van der Waals surface area contributed by atoms with E-state index >= 15 is 0 Å². The highest BCUT2D eigenvalue weighted by atomic mass is 16.5. The van der Waals surface area contributed by atoms with Gasteiger partial charge in [0, 0.05) is 30.0 Å². The van der Waals surface area contributed by atoms with Gasteiger partial charge >= 0.3 is 0 Å². The Bertz CT molecular complexity index is 594. The molecule has 0 saturated heterocycles. The van der Waals surface area contributed by atoms with E-state index in [1.807, 2.05) is 39.8 Å². The largest absolute Gasteiger partial charge is 0.497 e. The second-order valence-electron chi connectivity index (χ2n) is 7.01. The van der Waals surface area contributed by atoms with Gasteiger partial charge in [0.25, 0.3) is 0 Å². The van der Waals surface area contributed by atoms with Crippen molar-refractivity contribution in [2.24, 2.45) is 5.41 Å². The fraction of sp³-hybridized carbons (Fsp3) is 0.579. The monoisotopic (exact) mass is 350 g/mol. The first-order valence-corrected chi connectivity index (χ1v) is 8.48. The van der Waals surface area contributed by atoms with E-state index in [4.69, 9.17) is 9.47 Å². The van der Waals surface area contributed by atoms with Crippen LogP contribution in [-0.2, 0) is 9.59 Å². The van der Waals surface area contributed by atoms with Crippen molar-refractivity contribution in [3.05, 3.63) is 23.8 Å². The summed E-state index contributed by atoms with van der Waals surface area (Å²) in [6, 6.07) is 5.33. The molecule has 1 rings (SSSR count). The zero-order chi connectivity index (χ0) is 19.0. The Labute approximate surface area is 150 Å². The Morgan fingerprint density at radius 2 is 1.84 bits per heavy atom. The molecule has 1 unspecified atom stereocenters. The summed E-state index contributed by atoms with van der Waals surface area (Å²) in [5.74, 6) is 1.30. The third-order valence-electron chi connectivity index (χ3n) is 3.83. The number of nitrogens with one attached hydrogen (secondary N) is 2. The maximum Gasteiger partial charge on any atom is 0.225 e. The van der Waals surface area contributed by atoms with Gasteiger partial charge in [0.05, 0.1) is 20.3 Å². The van der Waals surface area contributed by atoms with Crippen LogP contribution in [0.1, 0.15) is 52.1 Å². The minimum Gasteiger partial charge on any atom is -0.497 e. The second kappa shape index (κ2) is 9.30. The number of hydrogen-bond acceptors (Lipinski definition) is 4. The molecule has 1 aromatic rings. The van der Waals surface area contributed by atoms with Crippen molar-refractivity contribution >= 4 is 11.8 Å². The maximum absolute atomic E-state index is 12.1. The van der Waals surface area contributed by atoms with E-state index in [-0.39, 0.29) is 17.9 Å². The lowest BCUT2D eigenvalue weighted by atomic mass is 9.96. The summed E-state index contributed by atoms with van der Waals surface area (Å²) >= 11 is 0. The van der Waals surface area contributed by atoms with Gasteiger partial charge in [-0.15, -0.1) is 0 Å². The van der Waals surface area contributed by atoms with Crippen molar-refractivity contribution in [1.29, 1.82) is 0 Å². The van der Waals surface area contributed by atoms with Gasteiger partial charge in [0.15, 0.2) is 0 Å². The zero-order valence-corrected chi connectivity index (χ0v) is 16.1. The minimum atomic E-state index is -0.415. The third kappa shape index (κ3) is 6.64. The standard InChI is InChI=1S/C19H30N2O4/c1-13(15-10-9-14(24-5)12-16(15)25-6)21-17(22)8-7-11-20-18(23)19(2,3)4/h9-10,12-13H,7-8,11H2,1-6H3,(H,20,23)(H,21,22). The highest BCUT2D eigenvalue weighted by Gasteiger charge is 2.20. The predicted molar refractivity (Wildman–Crippen MR) is 97.8 cm³/mol. The van der Waals surface area contributed by atoms with Gasteiger partial charge < -0.3 is 20.1 Å². The maximum atomic E-state index is 12.1. The first-order chi connectivity index (χ1) is 11.7. The summed E-state index contributed by atoms with van der Waals surface area (Å²) in [4.78, 5) is 23.9. The molecule has 0 bridgehead atoms. The van der Waals surface area contributed by atoms with Crippen LogP contribution < -0.4 is 20.1 Å². The summed E-state index contributed by atoms with van der Waals surface area (Å²) in [6.07, 6.45) is 0.952. The highest BCUT2D eigenvalue weighted by molar-refractivity contribution is 5.81. The molecule has 25 heavy (non-hydrogen) atoms. The predicted octanol–water partition coefficient (Wildman–Crippen LogP) is 2.82. The molecule has 1 aromatic carbocycles. The van der Waals surface area contributed by atoms with Crippen molar-refractivity contribution in [1.82, 2.24) is 10.6 Å². The van der Waals surface area contributed by atoms with E-state index in [9.17, 15) is 9.59 Å². The molecule has 0 heterocycles. The first-order valence-electron chi connectivity index (χ1n) is 8.48. The number of carbonyl (C=O) groups excluding carboxylic acids is 2. The van der Waals surface area contributed by atoms with Gasteiger partial charge in [0.1, 0.15) is 11.5 Å². The number of methoxy groups -OCH3 is 2. The lowest BCUT2D eigenvalue weighted by molar-refractivity contribution is -0.128. The SMILES string of the molecule is COc1ccc(C(C)NC(=O)CCCNC(=O)C(C)(C)C)c(OC)c1. The molecule has 0 aliphatic rings. The molecule has 2 amide bonds. The molecule has 0 saturated carbocycles. The first kappa shape index (κ1) is 20.8. The highest BCUT2D eigenvalue weighted by Crippen LogP contribution is 2.29. The molecule has 0 radical (unpaired) electrons. The van der Waals surface area contributed by atoms with Crippen LogP contribution in [0.5, 0.6) is 11.5 Å². The summed E-state index contributed by atoms with van der Waals surface area (Å²) in [5.41, 5.74) is 0.472. The zero-order valence-electron chi connectivity index (χ0n) is 16.1. The van der Waals surface area contributed by atoms with Crippen molar-refractivity contribution in [2.75, 3.05) is 20.8 Å². The normalized spacial score (nSPS) is 12.2. The number of rotatable bonds is 8. The Balaban J connectivity index is 2.48. The number of hydrogen-bond donors (Lipinski definition) is 2. The molecule has 140 valence electrons. The number of ether oxygens (including phenoxy) is 2. The molecule has 1 atom stereocenters. The average Bonchev–Trinajstić information content (AvgIpc) is 2.56. The van der Waals surface area contributed by atoms with Crippen LogP contribution in [0.15, 0.2) is 18.2 Å². The topological polar surface area (TPSA) is 76.7 Å². The molecule has 0 aliphatic carbocycles. The van der Waals surface area contributed by atoms with Gasteiger partial charge in [-0.2, -0.15) is 0 Å². The summed E-state index contributed by atoms with van der Waals surface area (Å²) in [6.45, 7) is 7.98. The number of amides is 2. The van der Waals surface area contributed by atoms with Gasteiger partial charge in [-0.25, -0.2) is 0 Å². The lowest BCUT2D eigenvalue weighted by Crippen LogP contribution is -2.36. The Hall–Kier alpha value is -2.24.